The summed E-state index contributed by atoms with van der Waals surface area (Å²) in [5, 5.41) is 19.6. The van der Waals surface area contributed by atoms with Crippen molar-refractivity contribution in [2.75, 3.05) is 7.11 Å². The van der Waals surface area contributed by atoms with E-state index in [0.717, 1.165) is 6.20 Å². The van der Waals surface area contributed by atoms with Crippen molar-refractivity contribution in [3.63, 3.8) is 0 Å². The maximum absolute atomic E-state index is 10.9. The molecule has 114 valence electrons. The van der Waals surface area contributed by atoms with Gasteiger partial charge in [0.15, 0.2) is 5.75 Å². The van der Waals surface area contributed by atoms with Gasteiger partial charge in [-0.15, -0.1) is 0 Å². The molecular formula is C13H16N2O6. The third kappa shape index (κ3) is 3.59. The molecule has 1 fully saturated rings. The minimum Gasteiger partial charge on any atom is -0.491 e. The van der Waals surface area contributed by atoms with Gasteiger partial charge in [-0.2, -0.15) is 0 Å². The molecule has 2 rings (SSSR count). The van der Waals surface area contributed by atoms with Crippen LogP contribution in [0.1, 0.15) is 25.7 Å². The standard InChI is InChI=1S/C13H16N2O6/c1-20-11-6-9(15(18)19)7-14-12(11)21-10-4-2-8(3-5-10)13(16)17/h6-8,10H,2-5H2,1H3,(H,16,17)/t8-,10-. The molecule has 0 radical (unpaired) electrons. The van der Waals surface area contributed by atoms with E-state index in [9.17, 15) is 14.9 Å². The first-order valence-electron chi connectivity index (χ1n) is 6.59. The molecule has 0 aliphatic heterocycles. The van der Waals surface area contributed by atoms with Gasteiger partial charge in [0.25, 0.3) is 11.6 Å². The summed E-state index contributed by atoms with van der Waals surface area (Å²) in [5.74, 6) is -0.706. The second-order valence-electron chi connectivity index (χ2n) is 4.89. The number of carbonyl (C=O) groups is 1. The highest BCUT2D eigenvalue weighted by Gasteiger charge is 2.28. The molecule has 0 unspecified atom stereocenters. The van der Waals surface area contributed by atoms with Crippen LogP contribution in [0.4, 0.5) is 5.69 Å². The number of nitrogens with zero attached hydrogens (tertiary/aromatic N) is 2. The molecule has 0 saturated heterocycles. The topological polar surface area (TPSA) is 112 Å². The van der Waals surface area contributed by atoms with Gasteiger partial charge in [-0.25, -0.2) is 4.98 Å². The fourth-order valence-corrected chi connectivity index (χ4v) is 2.34. The Morgan fingerprint density at radius 3 is 2.62 bits per heavy atom. The molecule has 1 aliphatic carbocycles. The molecule has 0 bridgehead atoms. The van der Waals surface area contributed by atoms with Gasteiger partial charge in [0.1, 0.15) is 12.3 Å². The van der Waals surface area contributed by atoms with E-state index in [0.29, 0.717) is 25.7 Å². The lowest BCUT2D eigenvalue weighted by molar-refractivity contribution is -0.385. The highest BCUT2D eigenvalue weighted by Crippen LogP contribution is 2.32. The number of ether oxygens (including phenoxy) is 2. The monoisotopic (exact) mass is 296 g/mol. The summed E-state index contributed by atoms with van der Waals surface area (Å²) in [5.41, 5.74) is -0.172. The molecule has 0 aromatic carbocycles. The lowest BCUT2D eigenvalue weighted by Crippen LogP contribution is -2.28. The zero-order chi connectivity index (χ0) is 15.4. The molecule has 1 aliphatic rings. The molecule has 0 spiro atoms. The number of hydrogen-bond acceptors (Lipinski definition) is 6. The van der Waals surface area contributed by atoms with Crippen LogP contribution in [0.5, 0.6) is 11.6 Å². The maximum atomic E-state index is 10.9. The van der Waals surface area contributed by atoms with E-state index in [2.05, 4.69) is 4.98 Å². The summed E-state index contributed by atoms with van der Waals surface area (Å²) in [7, 11) is 1.38. The predicted octanol–water partition coefficient (Wildman–Crippen LogP) is 2.02. The zero-order valence-corrected chi connectivity index (χ0v) is 11.5. The number of rotatable bonds is 5. The van der Waals surface area contributed by atoms with Crippen LogP contribution in [-0.4, -0.2) is 34.2 Å². The van der Waals surface area contributed by atoms with Crippen molar-refractivity contribution in [1.82, 2.24) is 4.98 Å². The van der Waals surface area contributed by atoms with Gasteiger partial charge in [-0.3, -0.25) is 14.9 Å². The Bertz CT molecular complexity index is 539. The molecule has 21 heavy (non-hydrogen) atoms. The maximum Gasteiger partial charge on any atom is 0.306 e. The Kier molecular flexibility index (Phi) is 4.56. The highest BCUT2D eigenvalue weighted by molar-refractivity contribution is 5.70. The van der Waals surface area contributed by atoms with Gasteiger partial charge < -0.3 is 14.6 Å². The van der Waals surface area contributed by atoms with E-state index in [1.807, 2.05) is 0 Å². The van der Waals surface area contributed by atoms with Crippen LogP contribution in [0.15, 0.2) is 12.3 Å². The first kappa shape index (κ1) is 15.0. The molecular weight excluding hydrogens is 280 g/mol. The van der Waals surface area contributed by atoms with Crippen LogP contribution in [0, 0.1) is 16.0 Å². The average Bonchev–Trinajstić information content (AvgIpc) is 2.48. The average molecular weight is 296 g/mol. The van der Waals surface area contributed by atoms with E-state index in [-0.39, 0.29) is 29.3 Å². The zero-order valence-electron chi connectivity index (χ0n) is 11.5. The van der Waals surface area contributed by atoms with Gasteiger partial charge in [0.05, 0.1) is 24.0 Å². The van der Waals surface area contributed by atoms with Crippen LogP contribution in [0.2, 0.25) is 0 Å². The molecule has 1 N–H and O–H groups in total. The number of nitro groups is 1. The second-order valence-corrected chi connectivity index (χ2v) is 4.89. The van der Waals surface area contributed by atoms with Crippen molar-refractivity contribution < 1.29 is 24.3 Å². The van der Waals surface area contributed by atoms with Crippen LogP contribution >= 0.6 is 0 Å². The molecule has 1 aromatic heterocycles. The molecule has 0 amide bonds. The first-order valence-corrected chi connectivity index (χ1v) is 6.59. The third-order valence-corrected chi connectivity index (χ3v) is 3.54. The van der Waals surface area contributed by atoms with E-state index < -0.39 is 10.9 Å². The molecule has 0 atom stereocenters. The fourth-order valence-electron chi connectivity index (χ4n) is 2.34. The van der Waals surface area contributed by atoms with Crippen molar-refractivity contribution in [3.8, 4) is 11.6 Å². The van der Waals surface area contributed by atoms with Crippen molar-refractivity contribution in [2.24, 2.45) is 5.92 Å². The van der Waals surface area contributed by atoms with E-state index in [1.54, 1.807) is 0 Å². The highest BCUT2D eigenvalue weighted by atomic mass is 16.6. The Hall–Kier alpha value is -2.38. The number of methoxy groups -OCH3 is 1. The van der Waals surface area contributed by atoms with E-state index >= 15 is 0 Å². The first-order chi connectivity index (χ1) is 10.0. The number of pyridine rings is 1. The SMILES string of the molecule is COc1cc([N+](=O)[O-])cnc1O[C@H]1CC[C@H](C(=O)O)CC1. The summed E-state index contributed by atoms with van der Waals surface area (Å²) in [6.07, 6.45) is 3.28. The third-order valence-electron chi connectivity index (χ3n) is 3.54. The van der Waals surface area contributed by atoms with Gasteiger partial charge in [-0.1, -0.05) is 0 Å². The molecule has 1 heterocycles. The van der Waals surface area contributed by atoms with Crippen LogP contribution in [-0.2, 0) is 4.79 Å². The quantitative estimate of drug-likeness (QED) is 0.653. The smallest absolute Gasteiger partial charge is 0.306 e. The van der Waals surface area contributed by atoms with Crippen molar-refractivity contribution in [3.05, 3.63) is 22.4 Å². The summed E-state index contributed by atoms with van der Waals surface area (Å²) >= 11 is 0. The summed E-state index contributed by atoms with van der Waals surface area (Å²) in [6, 6.07) is 1.26. The number of carboxylic acids is 1. The Balaban J connectivity index is 2.03. The lowest BCUT2D eigenvalue weighted by Gasteiger charge is -2.26. The molecule has 1 saturated carbocycles. The number of carboxylic acid groups (broad SMARTS) is 1. The minimum atomic E-state index is -0.778. The Morgan fingerprint density at radius 2 is 2.10 bits per heavy atom. The number of aliphatic carboxylic acids is 1. The molecule has 8 nitrogen and oxygen atoms in total. The summed E-state index contributed by atoms with van der Waals surface area (Å²) < 4.78 is 10.7. The van der Waals surface area contributed by atoms with Crippen molar-refractivity contribution in [2.45, 2.75) is 31.8 Å². The summed E-state index contributed by atoms with van der Waals surface area (Å²) in [6.45, 7) is 0. The molecule has 1 aromatic rings. The van der Waals surface area contributed by atoms with E-state index in [4.69, 9.17) is 14.6 Å². The van der Waals surface area contributed by atoms with E-state index in [1.165, 1.54) is 13.2 Å². The van der Waals surface area contributed by atoms with Gasteiger partial charge in [-0.05, 0) is 25.7 Å². The lowest BCUT2D eigenvalue weighted by atomic mass is 9.87. The van der Waals surface area contributed by atoms with Crippen LogP contribution in [0.25, 0.3) is 0 Å². The molecule has 8 heteroatoms. The number of aromatic nitrogens is 1. The minimum absolute atomic E-state index is 0.150. The predicted molar refractivity (Wildman–Crippen MR) is 71.5 cm³/mol. The second kappa shape index (κ2) is 6.38. The van der Waals surface area contributed by atoms with Crippen LogP contribution < -0.4 is 9.47 Å². The van der Waals surface area contributed by atoms with Gasteiger partial charge >= 0.3 is 5.97 Å². The van der Waals surface area contributed by atoms with Crippen molar-refractivity contribution in [1.29, 1.82) is 0 Å². The summed E-state index contributed by atoms with van der Waals surface area (Å²) in [4.78, 5) is 24.9. The van der Waals surface area contributed by atoms with Gasteiger partial charge in [0.2, 0.25) is 0 Å². The van der Waals surface area contributed by atoms with Gasteiger partial charge in [0, 0.05) is 0 Å². The number of hydrogen-bond donors (Lipinski definition) is 1. The Morgan fingerprint density at radius 1 is 1.43 bits per heavy atom. The normalized spacial score (nSPS) is 21.6. The fraction of sp³-hybridized carbons (Fsp3) is 0.538. The van der Waals surface area contributed by atoms with Crippen molar-refractivity contribution >= 4 is 11.7 Å². The largest absolute Gasteiger partial charge is 0.491 e. The Labute approximate surface area is 120 Å². The van der Waals surface area contributed by atoms with Crippen LogP contribution in [0.3, 0.4) is 0 Å².